The van der Waals surface area contributed by atoms with Crippen LogP contribution in [0.1, 0.15) is 37.0 Å². The van der Waals surface area contributed by atoms with E-state index in [9.17, 15) is 17.6 Å². The SMILES string of the molecule is C=CCn1c(=NC(=O)c2ccc(S(=O)(=O)N(CCC)CCC)cc2)sc2cccc(F)c21. The van der Waals surface area contributed by atoms with E-state index in [-0.39, 0.29) is 10.5 Å². The number of thiazole rings is 1. The van der Waals surface area contributed by atoms with Gasteiger partial charge in [0.2, 0.25) is 10.0 Å². The van der Waals surface area contributed by atoms with Crippen molar-refractivity contribution >= 4 is 37.5 Å². The Morgan fingerprint density at radius 2 is 1.81 bits per heavy atom. The van der Waals surface area contributed by atoms with Crippen LogP contribution < -0.4 is 4.80 Å². The summed E-state index contributed by atoms with van der Waals surface area (Å²) in [5.41, 5.74) is 0.627. The first kappa shape index (κ1) is 24.0. The Balaban J connectivity index is 1.96. The molecule has 0 radical (unpaired) electrons. The van der Waals surface area contributed by atoms with E-state index in [2.05, 4.69) is 11.6 Å². The number of hydrogen-bond acceptors (Lipinski definition) is 4. The van der Waals surface area contributed by atoms with E-state index >= 15 is 0 Å². The van der Waals surface area contributed by atoms with Crippen LogP contribution in [0.5, 0.6) is 0 Å². The van der Waals surface area contributed by atoms with Crippen molar-refractivity contribution in [2.45, 2.75) is 38.1 Å². The average Bonchev–Trinajstić information content (AvgIpc) is 3.12. The van der Waals surface area contributed by atoms with Gasteiger partial charge in [0.15, 0.2) is 4.80 Å². The maximum atomic E-state index is 14.3. The standard InChI is InChI=1S/C23H26FN3O3S2/c1-4-14-26(15-5-2)32(29,30)18-12-10-17(11-13-18)22(28)25-23-27(16-6-3)21-19(24)8-7-9-20(21)31-23/h6-13H,3-5,14-16H2,1-2H3. The molecule has 2 aromatic carbocycles. The van der Waals surface area contributed by atoms with Crippen LogP contribution in [0.15, 0.2) is 65.0 Å². The number of benzene rings is 2. The highest BCUT2D eigenvalue weighted by molar-refractivity contribution is 7.89. The van der Waals surface area contributed by atoms with Crippen LogP contribution in [0.4, 0.5) is 4.39 Å². The van der Waals surface area contributed by atoms with E-state index in [4.69, 9.17) is 0 Å². The number of fused-ring (bicyclic) bond motifs is 1. The lowest BCUT2D eigenvalue weighted by Crippen LogP contribution is -2.32. The minimum absolute atomic E-state index is 0.140. The zero-order chi connectivity index (χ0) is 23.3. The number of carbonyl (C=O) groups excluding carboxylic acids is 1. The summed E-state index contributed by atoms with van der Waals surface area (Å²) in [4.78, 5) is 17.5. The summed E-state index contributed by atoms with van der Waals surface area (Å²) >= 11 is 1.21. The first-order valence-electron chi connectivity index (χ1n) is 10.4. The van der Waals surface area contributed by atoms with Crippen molar-refractivity contribution in [2.75, 3.05) is 13.1 Å². The van der Waals surface area contributed by atoms with Gasteiger partial charge >= 0.3 is 0 Å². The van der Waals surface area contributed by atoms with E-state index in [0.717, 1.165) is 12.8 Å². The third kappa shape index (κ3) is 4.90. The molecule has 0 spiro atoms. The van der Waals surface area contributed by atoms with Crippen LogP contribution in [-0.2, 0) is 16.6 Å². The van der Waals surface area contributed by atoms with Gasteiger partial charge in [0.25, 0.3) is 5.91 Å². The fourth-order valence-electron chi connectivity index (χ4n) is 3.39. The second kappa shape index (κ2) is 10.3. The van der Waals surface area contributed by atoms with E-state index in [1.165, 1.54) is 46.0 Å². The van der Waals surface area contributed by atoms with E-state index < -0.39 is 21.7 Å². The Kier molecular flexibility index (Phi) is 7.76. The summed E-state index contributed by atoms with van der Waals surface area (Å²) in [6.07, 6.45) is 3.05. The molecule has 32 heavy (non-hydrogen) atoms. The molecule has 170 valence electrons. The number of allylic oxidation sites excluding steroid dienone is 1. The zero-order valence-electron chi connectivity index (χ0n) is 18.1. The van der Waals surface area contributed by atoms with E-state index in [1.807, 2.05) is 13.8 Å². The van der Waals surface area contributed by atoms with Crippen molar-refractivity contribution in [3.8, 4) is 0 Å². The van der Waals surface area contributed by atoms with Gasteiger partial charge in [0, 0.05) is 25.2 Å². The molecule has 1 aromatic heterocycles. The van der Waals surface area contributed by atoms with Gasteiger partial charge in [-0.25, -0.2) is 12.8 Å². The van der Waals surface area contributed by atoms with Crippen molar-refractivity contribution in [1.82, 2.24) is 8.87 Å². The molecule has 6 nitrogen and oxygen atoms in total. The Hall–Kier alpha value is -2.62. The number of nitrogens with zero attached hydrogens (tertiary/aromatic N) is 3. The quantitative estimate of drug-likeness (QED) is 0.425. The Morgan fingerprint density at radius 3 is 2.41 bits per heavy atom. The molecule has 0 atom stereocenters. The largest absolute Gasteiger partial charge is 0.310 e. The minimum atomic E-state index is -3.63. The van der Waals surface area contributed by atoms with Crippen molar-refractivity contribution in [2.24, 2.45) is 4.99 Å². The topological polar surface area (TPSA) is 71.7 Å². The maximum Gasteiger partial charge on any atom is 0.279 e. The second-order valence-electron chi connectivity index (χ2n) is 7.22. The number of carbonyl (C=O) groups is 1. The van der Waals surface area contributed by atoms with Crippen LogP contribution >= 0.6 is 11.3 Å². The number of halogens is 1. The third-order valence-electron chi connectivity index (χ3n) is 4.85. The molecule has 0 saturated heterocycles. The predicted molar refractivity (Wildman–Crippen MR) is 126 cm³/mol. The summed E-state index contributed by atoms with van der Waals surface area (Å²) in [5, 5.41) is 0. The zero-order valence-corrected chi connectivity index (χ0v) is 19.8. The molecular formula is C23H26FN3O3S2. The summed E-state index contributed by atoms with van der Waals surface area (Å²) in [7, 11) is -3.63. The highest BCUT2D eigenvalue weighted by Crippen LogP contribution is 2.21. The summed E-state index contributed by atoms with van der Waals surface area (Å²) in [6.45, 7) is 8.74. The van der Waals surface area contributed by atoms with Crippen molar-refractivity contribution in [1.29, 1.82) is 0 Å². The first-order chi connectivity index (χ1) is 15.3. The number of para-hydroxylation sites is 1. The van der Waals surface area contributed by atoms with Gasteiger partial charge in [-0.1, -0.05) is 37.3 Å². The molecular weight excluding hydrogens is 449 g/mol. The van der Waals surface area contributed by atoms with Crippen LogP contribution in [-0.4, -0.2) is 36.3 Å². The molecule has 0 bridgehead atoms. The molecule has 0 unspecified atom stereocenters. The van der Waals surface area contributed by atoms with Gasteiger partial charge in [-0.15, -0.1) is 6.58 Å². The lowest BCUT2D eigenvalue weighted by atomic mass is 10.2. The summed E-state index contributed by atoms with van der Waals surface area (Å²) in [5.74, 6) is -0.925. The maximum absolute atomic E-state index is 14.3. The molecule has 0 aliphatic heterocycles. The lowest BCUT2D eigenvalue weighted by molar-refractivity contribution is 0.0997. The van der Waals surface area contributed by atoms with Crippen LogP contribution in [0.3, 0.4) is 0 Å². The minimum Gasteiger partial charge on any atom is -0.310 e. The van der Waals surface area contributed by atoms with Gasteiger partial charge in [-0.2, -0.15) is 9.30 Å². The smallest absolute Gasteiger partial charge is 0.279 e. The number of rotatable bonds is 9. The Bertz CT molecular complexity index is 1290. The van der Waals surface area contributed by atoms with Crippen LogP contribution in [0.25, 0.3) is 10.2 Å². The van der Waals surface area contributed by atoms with Gasteiger partial charge < -0.3 is 4.57 Å². The average molecular weight is 476 g/mol. The van der Waals surface area contributed by atoms with Gasteiger partial charge in [-0.3, -0.25) is 4.79 Å². The highest BCUT2D eigenvalue weighted by atomic mass is 32.2. The third-order valence-corrected chi connectivity index (χ3v) is 7.80. The second-order valence-corrected chi connectivity index (χ2v) is 10.2. The van der Waals surface area contributed by atoms with Crippen molar-refractivity contribution in [3.05, 3.63) is 71.3 Å². The molecule has 1 amide bonds. The fraction of sp³-hybridized carbons (Fsp3) is 0.304. The molecule has 1 heterocycles. The Morgan fingerprint density at radius 1 is 1.16 bits per heavy atom. The molecule has 0 saturated carbocycles. The summed E-state index contributed by atoms with van der Waals surface area (Å²) in [6, 6.07) is 10.5. The number of hydrogen-bond donors (Lipinski definition) is 0. The van der Waals surface area contributed by atoms with Crippen LogP contribution in [0, 0.1) is 5.82 Å². The van der Waals surface area contributed by atoms with Gasteiger partial charge in [-0.05, 0) is 49.2 Å². The van der Waals surface area contributed by atoms with Gasteiger partial charge in [0.1, 0.15) is 5.82 Å². The molecule has 0 aliphatic rings. The van der Waals surface area contributed by atoms with Crippen LogP contribution in [0.2, 0.25) is 0 Å². The van der Waals surface area contributed by atoms with Gasteiger partial charge in [0.05, 0.1) is 15.1 Å². The lowest BCUT2D eigenvalue weighted by Gasteiger charge is -2.21. The van der Waals surface area contributed by atoms with E-state index in [0.29, 0.717) is 34.7 Å². The number of sulfonamides is 1. The predicted octanol–water partition coefficient (Wildman–Crippen LogP) is 4.58. The monoisotopic (exact) mass is 475 g/mol. The first-order valence-corrected chi connectivity index (χ1v) is 12.7. The molecule has 0 aliphatic carbocycles. The number of amides is 1. The molecule has 3 rings (SSSR count). The number of aromatic nitrogens is 1. The molecule has 0 fully saturated rings. The normalized spacial score (nSPS) is 12.6. The molecule has 0 N–H and O–H groups in total. The van der Waals surface area contributed by atoms with Crippen molar-refractivity contribution in [3.63, 3.8) is 0 Å². The van der Waals surface area contributed by atoms with Crippen molar-refractivity contribution < 1.29 is 17.6 Å². The Labute approximate surface area is 191 Å². The molecule has 9 heteroatoms. The summed E-state index contributed by atoms with van der Waals surface area (Å²) < 4.78 is 43.9. The fourth-order valence-corrected chi connectivity index (χ4v) is 6.07. The van der Waals surface area contributed by atoms with E-state index in [1.54, 1.807) is 22.8 Å². The highest BCUT2D eigenvalue weighted by Gasteiger charge is 2.23. The molecule has 3 aromatic rings.